The maximum atomic E-state index is 13.4. The number of anilines is 2. The Labute approximate surface area is 224 Å². The van der Waals surface area contributed by atoms with E-state index in [9.17, 15) is 18.0 Å². The standard InChI is InChI=1S/C25H24Cl2N2O7S/c1-15(24(30)28-18-9-6-8-17(26)12-18)36-25(31)16-7-5-10-19(11-16)37(32,33)29(2)21-13-20(27)22(34-3)14-23(21)35-4/h5-15H,1-4H3,(H,28,30). The number of ether oxygens (including phenoxy) is 3. The summed E-state index contributed by atoms with van der Waals surface area (Å²) in [6.45, 7) is 1.39. The molecule has 0 saturated carbocycles. The second kappa shape index (κ2) is 11.7. The first kappa shape index (κ1) is 28.1. The number of rotatable bonds is 9. The van der Waals surface area contributed by atoms with Crippen molar-refractivity contribution in [3.05, 3.63) is 76.3 Å². The van der Waals surface area contributed by atoms with E-state index in [2.05, 4.69) is 5.32 Å². The molecule has 1 amide bonds. The Morgan fingerprint density at radius 1 is 0.946 bits per heavy atom. The molecule has 0 aliphatic heterocycles. The topological polar surface area (TPSA) is 111 Å². The van der Waals surface area contributed by atoms with Crippen LogP contribution in [0.2, 0.25) is 10.0 Å². The number of nitrogens with zero attached hydrogens (tertiary/aromatic N) is 1. The number of benzene rings is 3. The zero-order valence-electron chi connectivity index (χ0n) is 20.3. The quantitative estimate of drug-likeness (QED) is 0.362. The molecule has 0 radical (unpaired) electrons. The first-order chi connectivity index (χ1) is 17.5. The van der Waals surface area contributed by atoms with Crippen molar-refractivity contribution < 1.29 is 32.2 Å². The fourth-order valence-corrected chi connectivity index (χ4v) is 4.92. The summed E-state index contributed by atoms with van der Waals surface area (Å²) < 4.78 is 43.4. The zero-order chi connectivity index (χ0) is 27.3. The van der Waals surface area contributed by atoms with Crippen LogP contribution < -0.4 is 19.1 Å². The van der Waals surface area contributed by atoms with Crippen molar-refractivity contribution in [2.75, 3.05) is 30.9 Å². The van der Waals surface area contributed by atoms with Crippen molar-refractivity contribution in [1.29, 1.82) is 0 Å². The molecule has 0 aliphatic rings. The highest BCUT2D eigenvalue weighted by molar-refractivity contribution is 7.92. The molecule has 1 unspecified atom stereocenters. The minimum atomic E-state index is -4.15. The first-order valence-electron chi connectivity index (χ1n) is 10.8. The van der Waals surface area contributed by atoms with Crippen LogP contribution >= 0.6 is 23.2 Å². The van der Waals surface area contributed by atoms with Crippen molar-refractivity contribution in [1.82, 2.24) is 0 Å². The van der Waals surface area contributed by atoms with E-state index < -0.39 is 28.0 Å². The smallest absolute Gasteiger partial charge is 0.338 e. The normalized spacial score (nSPS) is 11.8. The van der Waals surface area contributed by atoms with Gasteiger partial charge in [-0.1, -0.05) is 35.3 Å². The third-order valence-corrected chi connectivity index (χ3v) is 7.56. The Morgan fingerprint density at radius 3 is 2.27 bits per heavy atom. The van der Waals surface area contributed by atoms with Crippen LogP contribution in [0.1, 0.15) is 17.3 Å². The van der Waals surface area contributed by atoms with E-state index in [1.807, 2.05) is 0 Å². The van der Waals surface area contributed by atoms with Crippen molar-refractivity contribution >= 4 is 56.5 Å². The highest BCUT2D eigenvalue weighted by atomic mass is 35.5. The van der Waals surface area contributed by atoms with Gasteiger partial charge in [0, 0.05) is 23.8 Å². The lowest BCUT2D eigenvalue weighted by Crippen LogP contribution is -2.30. The average Bonchev–Trinajstić information content (AvgIpc) is 2.88. The molecule has 3 aromatic rings. The van der Waals surface area contributed by atoms with Crippen molar-refractivity contribution in [3.8, 4) is 11.5 Å². The molecule has 37 heavy (non-hydrogen) atoms. The summed E-state index contributed by atoms with van der Waals surface area (Å²) in [4.78, 5) is 25.0. The summed E-state index contributed by atoms with van der Waals surface area (Å²) in [6.07, 6.45) is -1.17. The van der Waals surface area contributed by atoms with Gasteiger partial charge in [0.25, 0.3) is 15.9 Å². The van der Waals surface area contributed by atoms with Gasteiger partial charge in [-0.25, -0.2) is 13.2 Å². The molecule has 3 aromatic carbocycles. The highest BCUT2D eigenvalue weighted by Gasteiger charge is 2.27. The number of halogens is 2. The van der Waals surface area contributed by atoms with Gasteiger partial charge in [-0.05, 0) is 49.4 Å². The number of carbonyl (C=O) groups excluding carboxylic acids is 2. The summed E-state index contributed by atoms with van der Waals surface area (Å²) in [7, 11) is -0.0239. The van der Waals surface area contributed by atoms with Crippen LogP contribution in [0.3, 0.4) is 0 Å². The number of hydrogen-bond donors (Lipinski definition) is 1. The molecule has 0 bridgehead atoms. The van der Waals surface area contributed by atoms with Crippen LogP contribution in [0.25, 0.3) is 0 Å². The Hall–Kier alpha value is -3.47. The molecule has 0 aliphatic carbocycles. The molecule has 3 rings (SSSR count). The van der Waals surface area contributed by atoms with Gasteiger partial charge in [0.2, 0.25) is 0 Å². The number of methoxy groups -OCH3 is 2. The number of esters is 1. The van der Waals surface area contributed by atoms with Gasteiger partial charge in [0.15, 0.2) is 6.10 Å². The van der Waals surface area contributed by atoms with Crippen LogP contribution in [0, 0.1) is 0 Å². The predicted molar refractivity (Wildman–Crippen MR) is 142 cm³/mol. The molecule has 196 valence electrons. The minimum Gasteiger partial charge on any atom is -0.495 e. The third kappa shape index (κ3) is 6.46. The lowest BCUT2D eigenvalue weighted by molar-refractivity contribution is -0.123. The largest absolute Gasteiger partial charge is 0.495 e. The fraction of sp³-hybridized carbons (Fsp3) is 0.200. The molecule has 1 atom stereocenters. The van der Waals surface area contributed by atoms with Crippen LogP contribution in [-0.2, 0) is 19.6 Å². The minimum absolute atomic E-state index is 0.0587. The van der Waals surface area contributed by atoms with Crippen LogP contribution in [0.15, 0.2) is 65.6 Å². The van der Waals surface area contributed by atoms with E-state index in [0.29, 0.717) is 16.5 Å². The van der Waals surface area contributed by atoms with E-state index in [0.717, 1.165) is 10.4 Å². The second-order valence-electron chi connectivity index (χ2n) is 7.71. The van der Waals surface area contributed by atoms with Crippen molar-refractivity contribution in [3.63, 3.8) is 0 Å². The molecular formula is C25H24Cl2N2O7S. The Bertz CT molecular complexity index is 1430. The van der Waals surface area contributed by atoms with Gasteiger partial charge in [0.1, 0.15) is 11.5 Å². The molecule has 0 heterocycles. The lowest BCUT2D eigenvalue weighted by Gasteiger charge is -2.23. The van der Waals surface area contributed by atoms with Gasteiger partial charge < -0.3 is 19.5 Å². The van der Waals surface area contributed by atoms with Gasteiger partial charge in [-0.15, -0.1) is 0 Å². The van der Waals surface area contributed by atoms with E-state index in [4.69, 9.17) is 37.4 Å². The summed E-state index contributed by atoms with van der Waals surface area (Å²) in [5.74, 6) is -0.935. The van der Waals surface area contributed by atoms with Crippen LogP contribution in [-0.4, -0.2) is 47.7 Å². The maximum absolute atomic E-state index is 13.4. The fourth-order valence-electron chi connectivity index (χ4n) is 3.25. The molecule has 0 spiro atoms. The number of carbonyl (C=O) groups is 2. The molecule has 9 nitrogen and oxygen atoms in total. The summed E-state index contributed by atoms with van der Waals surface area (Å²) >= 11 is 12.1. The second-order valence-corrected chi connectivity index (χ2v) is 10.5. The number of amides is 1. The lowest BCUT2D eigenvalue weighted by atomic mass is 10.2. The van der Waals surface area contributed by atoms with E-state index in [-0.39, 0.29) is 26.9 Å². The van der Waals surface area contributed by atoms with E-state index >= 15 is 0 Å². The number of sulfonamides is 1. The SMILES string of the molecule is COc1cc(OC)c(N(C)S(=O)(=O)c2cccc(C(=O)OC(C)C(=O)Nc3cccc(Cl)c3)c2)cc1Cl. The molecule has 1 N–H and O–H groups in total. The van der Waals surface area contributed by atoms with E-state index in [1.165, 1.54) is 58.5 Å². The maximum Gasteiger partial charge on any atom is 0.338 e. The Kier molecular flexibility index (Phi) is 8.90. The van der Waals surface area contributed by atoms with Crippen LogP contribution in [0.5, 0.6) is 11.5 Å². The number of hydrogen-bond acceptors (Lipinski definition) is 7. The zero-order valence-corrected chi connectivity index (χ0v) is 22.6. The molecule has 0 aromatic heterocycles. The van der Waals surface area contributed by atoms with Crippen LogP contribution in [0.4, 0.5) is 11.4 Å². The summed E-state index contributed by atoms with van der Waals surface area (Å²) in [6, 6.07) is 14.6. The third-order valence-electron chi connectivity index (χ3n) is 5.27. The average molecular weight is 567 g/mol. The van der Waals surface area contributed by atoms with Gasteiger partial charge in [-0.2, -0.15) is 0 Å². The van der Waals surface area contributed by atoms with E-state index in [1.54, 1.807) is 24.3 Å². The molecule has 0 fully saturated rings. The van der Waals surface area contributed by atoms with Crippen molar-refractivity contribution in [2.45, 2.75) is 17.9 Å². The van der Waals surface area contributed by atoms with Gasteiger partial charge in [0.05, 0.1) is 35.4 Å². The predicted octanol–water partition coefficient (Wildman–Crippen LogP) is 5.02. The van der Waals surface area contributed by atoms with Gasteiger partial charge in [-0.3, -0.25) is 9.10 Å². The summed E-state index contributed by atoms with van der Waals surface area (Å²) in [5.41, 5.74) is 0.537. The molecule has 12 heteroatoms. The Morgan fingerprint density at radius 2 is 1.62 bits per heavy atom. The van der Waals surface area contributed by atoms with Crippen molar-refractivity contribution in [2.24, 2.45) is 0 Å². The summed E-state index contributed by atoms with van der Waals surface area (Å²) in [5, 5.41) is 3.21. The molecular weight excluding hydrogens is 543 g/mol. The first-order valence-corrected chi connectivity index (χ1v) is 13.0. The molecule has 0 saturated heterocycles. The van der Waals surface area contributed by atoms with Gasteiger partial charge >= 0.3 is 5.97 Å². The Balaban J connectivity index is 1.80. The number of nitrogens with one attached hydrogen (secondary N) is 1. The highest BCUT2D eigenvalue weighted by Crippen LogP contribution is 2.39. The monoisotopic (exact) mass is 566 g/mol.